The highest BCUT2D eigenvalue weighted by Crippen LogP contribution is 2.45. The molecule has 2 aromatic carbocycles. The van der Waals surface area contributed by atoms with Crippen molar-refractivity contribution < 1.29 is 14.3 Å². The van der Waals surface area contributed by atoms with Crippen LogP contribution < -0.4 is 25.7 Å². The van der Waals surface area contributed by atoms with E-state index in [2.05, 4.69) is 44.9 Å². The Morgan fingerprint density at radius 2 is 1.68 bits per heavy atom. The maximum absolute atomic E-state index is 14.3. The van der Waals surface area contributed by atoms with Crippen molar-refractivity contribution >= 4 is 57.2 Å². The van der Waals surface area contributed by atoms with Crippen molar-refractivity contribution in [3.63, 3.8) is 0 Å². The van der Waals surface area contributed by atoms with Crippen LogP contribution >= 0.6 is 23.2 Å². The molecule has 5 rings (SSSR count). The lowest BCUT2D eigenvalue weighted by Crippen LogP contribution is -2.45. The molecule has 0 aliphatic carbocycles. The largest absolute Gasteiger partial charge is 0.495 e. The monoisotopic (exact) mass is 721 g/mol. The van der Waals surface area contributed by atoms with Crippen molar-refractivity contribution in [1.82, 2.24) is 24.3 Å². The minimum atomic E-state index is -0.318. The minimum Gasteiger partial charge on any atom is -0.495 e. The second kappa shape index (κ2) is 16.7. The second-order valence-electron chi connectivity index (χ2n) is 12.5. The number of ether oxygens (including phenoxy) is 2. The summed E-state index contributed by atoms with van der Waals surface area (Å²) in [6.45, 7) is 12.9. The Kier molecular flexibility index (Phi) is 12.4. The number of piperazine rings is 1. The Balaban J connectivity index is 1.55. The molecule has 11 nitrogen and oxygen atoms in total. The Labute approximate surface area is 303 Å². The van der Waals surface area contributed by atoms with E-state index in [1.807, 2.05) is 32.3 Å². The van der Waals surface area contributed by atoms with Crippen molar-refractivity contribution in [1.29, 1.82) is 0 Å². The number of methoxy groups -OCH3 is 2. The Morgan fingerprint density at radius 3 is 2.30 bits per heavy atom. The van der Waals surface area contributed by atoms with Crippen LogP contribution in [0.2, 0.25) is 10.0 Å². The molecule has 1 saturated heterocycles. The standard InChI is InChI=1S/C37H45Cl2N7O4/c1-7-33(47)42-28-18-24(23-45-16-14-44(8-2)15-17-45)10-11-27(28)41-32-20-29-25(22-40-32)19-26(37(48)46(29)13-9-12-43(3)4)34-35(38)30(49-5)21-31(50-6)36(34)39/h7,10-11,18-22H,1,8-9,12-17,23H2,2-6H3,(H,40,41)(H,42,47). The van der Waals surface area contributed by atoms with Crippen LogP contribution in [0.1, 0.15) is 18.9 Å². The summed E-state index contributed by atoms with van der Waals surface area (Å²) in [7, 11) is 6.97. The van der Waals surface area contributed by atoms with E-state index in [4.69, 9.17) is 37.7 Å². The van der Waals surface area contributed by atoms with E-state index < -0.39 is 0 Å². The Hall–Kier alpha value is -4.13. The molecule has 0 unspecified atom stereocenters. The van der Waals surface area contributed by atoms with Gasteiger partial charge in [0.2, 0.25) is 5.91 Å². The summed E-state index contributed by atoms with van der Waals surface area (Å²) < 4.78 is 12.7. The summed E-state index contributed by atoms with van der Waals surface area (Å²) >= 11 is 13.5. The van der Waals surface area contributed by atoms with Gasteiger partial charge >= 0.3 is 0 Å². The van der Waals surface area contributed by atoms with Gasteiger partial charge in [0.05, 0.1) is 46.7 Å². The number of halogens is 2. The first-order valence-electron chi connectivity index (χ1n) is 16.6. The van der Waals surface area contributed by atoms with Gasteiger partial charge in [-0.25, -0.2) is 4.98 Å². The number of anilines is 3. The maximum atomic E-state index is 14.3. The molecule has 4 aromatic rings. The molecule has 2 aromatic heterocycles. The van der Waals surface area contributed by atoms with E-state index in [1.165, 1.54) is 20.3 Å². The lowest BCUT2D eigenvalue weighted by atomic mass is 10.0. The topological polar surface area (TPSA) is 104 Å². The van der Waals surface area contributed by atoms with Crippen LogP contribution in [0, 0.1) is 0 Å². The highest BCUT2D eigenvalue weighted by Gasteiger charge is 2.23. The molecule has 0 bridgehead atoms. The number of nitrogens with zero attached hydrogens (tertiary/aromatic N) is 5. The first-order chi connectivity index (χ1) is 24.1. The SMILES string of the molecule is C=CC(=O)Nc1cc(CN2CCN(CC)CC2)ccc1Nc1cc2c(cn1)cc(-c1c(Cl)c(OC)cc(OC)c1Cl)c(=O)n2CCCN(C)C. The number of carbonyl (C=O) groups is 1. The average Bonchev–Trinajstić information content (AvgIpc) is 3.11. The fourth-order valence-electron chi connectivity index (χ4n) is 6.15. The Morgan fingerprint density at radius 1 is 1.00 bits per heavy atom. The minimum absolute atomic E-state index is 0.210. The third-order valence-electron chi connectivity index (χ3n) is 8.92. The number of aryl methyl sites for hydroxylation is 1. The van der Waals surface area contributed by atoms with Gasteiger partial charge in [-0.15, -0.1) is 0 Å². The number of hydrogen-bond donors (Lipinski definition) is 2. The summed E-state index contributed by atoms with van der Waals surface area (Å²) in [6, 6.07) is 11.2. The van der Waals surface area contributed by atoms with Crippen LogP contribution in [0.15, 0.2) is 60.0 Å². The van der Waals surface area contributed by atoms with Gasteiger partial charge in [-0.05, 0) is 63.4 Å². The third-order valence-corrected chi connectivity index (χ3v) is 9.67. The number of aromatic nitrogens is 2. The van der Waals surface area contributed by atoms with Gasteiger partial charge in [-0.1, -0.05) is 42.8 Å². The normalized spacial score (nSPS) is 13.8. The van der Waals surface area contributed by atoms with Crippen molar-refractivity contribution in [3.05, 3.63) is 81.2 Å². The zero-order valence-electron chi connectivity index (χ0n) is 29.3. The lowest BCUT2D eigenvalue weighted by molar-refractivity contribution is -0.111. The molecule has 0 spiro atoms. The van der Waals surface area contributed by atoms with Gasteiger partial charge in [0.1, 0.15) is 17.3 Å². The predicted molar refractivity (Wildman–Crippen MR) is 204 cm³/mol. The van der Waals surface area contributed by atoms with Crippen LogP contribution in [-0.4, -0.2) is 97.7 Å². The summed E-state index contributed by atoms with van der Waals surface area (Å²) in [5, 5.41) is 7.45. The van der Waals surface area contributed by atoms with Gasteiger partial charge in [0, 0.05) is 68.5 Å². The van der Waals surface area contributed by atoms with Crippen molar-refractivity contribution in [2.75, 3.05) is 78.2 Å². The average molecular weight is 723 g/mol. The van der Waals surface area contributed by atoms with Crippen LogP contribution in [0.25, 0.3) is 22.0 Å². The van der Waals surface area contributed by atoms with Crippen LogP contribution in [-0.2, 0) is 17.9 Å². The Bertz CT molecular complexity index is 1890. The van der Waals surface area contributed by atoms with E-state index >= 15 is 0 Å². The summed E-state index contributed by atoms with van der Waals surface area (Å²) in [5.74, 6) is 0.858. The molecule has 1 aliphatic rings. The maximum Gasteiger partial charge on any atom is 0.259 e. The van der Waals surface area contributed by atoms with Crippen molar-refractivity contribution in [3.8, 4) is 22.6 Å². The van der Waals surface area contributed by atoms with Crippen LogP contribution in [0.4, 0.5) is 17.2 Å². The molecular weight excluding hydrogens is 677 g/mol. The van der Waals surface area contributed by atoms with Gasteiger partial charge in [-0.2, -0.15) is 0 Å². The number of pyridine rings is 2. The number of rotatable bonds is 14. The van der Waals surface area contributed by atoms with E-state index in [9.17, 15) is 9.59 Å². The molecule has 2 N–H and O–H groups in total. The number of benzene rings is 2. The number of amides is 1. The first kappa shape index (κ1) is 37.1. The third kappa shape index (κ3) is 8.42. The summed E-state index contributed by atoms with van der Waals surface area (Å²) in [5.41, 5.74) is 3.39. The molecule has 50 heavy (non-hydrogen) atoms. The number of carbonyl (C=O) groups excluding carboxylic acids is 1. The molecular formula is C37H45Cl2N7O4. The smallest absolute Gasteiger partial charge is 0.259 e. The molecule has 13 heteroatoms. The quantitative estimate of drug-likeness (QED) is 0.144. The van der Waals surface area contributed by atoms with Gasteiger partial charge < -0.3 is 34.5 Å². The molecule has 0 radical (unpaired) electrons. The van der Waals surface area contributed by atoms with Gasteiger partial charge in [0.25, 0.3) is 5.56 Å². The number of likely N-dealkylation sites (N-methyl/N-ethyl adjacent to an activating group) is 1. The molecule has 1 fully saturated rings. The summed E-state index contributed by atoms with van der Waals surface area (Å²) in [4.78, 5) is 38.4. The van der Waals surface area contributed by atoms with Crippen LogP contribution in [0.5, 0.6) is 11.5 Å². The van der Waals surface area contributed by atoms with E-state index in [-0.39, 0.29) is 21.5 Å². The number of nitrogens with one attached hydrogen (secondary N) is 2. The van der Waals surface area contributed by atoms with Gasteiger partial charge in [-0.3, -0.25) is 14.5 Å². The molecule has 1 amide bonds. The second-order valence-corrected chi connectivity index (χ2v) is 13.2. The van der Waals surface area contributed by atoms with E-state index in [0.717, 1.165) is 51.4 Å². The molecule has 0 atom stereocenters. The van der Waals surface area contributed by atoms with Crippen LogP contribution in [0.3, 0.4) is 0 Å². The zero-order chi connectivity index (χ0) is 35.9. The highest BCUT2D eigenvalue weighted by molar-refractivity contribution is 6.41. The number of fused-ring (bicyclic) bond motifs is 1. The molecule has 0 saturated carbocycles. The van der Waals surface area contributed by atoms with E-state index in [1.54, 1.807) is 22.9 Å². The zero-order valence-corrected chi connectivity index (χ0v) is 30.8. The number of hydrogen-bond acceptors (Lipinski definition) is 9. The highest BCUT2D eigenvalue weighted by atomic mass is 35.5. The first-order valence-corrected chi connectivity index (χ1v) is 17.4. The van der Waals surface area contributed by atoms with Gasteiger partial charge in [0.15, 0.2) is 0 Å². The van der Waals surface area contributed by atoms with Crippen molar-refractivity contribution in [2.45, 2.75) is 26.4 Å². The van der Waals surface area contributed by atoms with Crippen molar-refractivity contribution in [2.24, 2.45) is 0 Å². The lowest BCUT2D eigenvalue weighted by Gasteiger charge is -2.34. The predicted octanol–water partition coefficient (Wildman–Crippen LogP) is 6.34. The molecule has 1 aliphatic heterocycles. The molecule has 3 heterocycles. The van der Waals surface area contributed by atoms with E-state index in [0.29, 0.717) is 63.7 Å². The fourth-order valence-corrected chi connectivity index (χ4v) is 6.86. The molecule has 266 valence electrons. The fraction of sp³-hybridized carbons (Fsp3) is 0.378. The summed E-state index contributed by atoms with van der Waals surface area (Å²) in [6.07, 6.45) is 3.66.